The molecular weight excluding hydrogens is 380 g/mol. The standard InChI is InChI=1S/C22H30N6O2/c1-17(2)15-21(22-23-24-25-28(22)16-20-5-4-14-30-20)27-12-10-26(11-13-27)18-6-8-19(29-3)9-7-18/h4-9,14,17,21H,10-13,15-16H2,1-3H3/t21-/m1/s1. The van der Waals surface area contributed by atoms with E-state index in [2.05, 4.69) is 51.3 Å². The Morgan fingerprint density at radius 2 is 1.83 bits per heavy atom. The Kier molecular flexibility index (Phi) is 6.32. The Hall–Kier alpha value is -2.87. The largest absolute Gasteiger partial charge is 0.497 e. The van der Waals surface area contributed by atoms with E-state index < -0.39 is 0 Å². The SMILES string of the molecule is COc1ccc(N2CCN([C@H](CC(C)C)c3nnnn3Cc3ccco3)CC2)cc1. The number of hydrogen-bond donors (Lipinski definition) is 0. The fourth-order valence-electron chi connectivity index (χ4n) is 4.06. The maximum atomic E-state index is 5.50. The zero-order valence-corrected chi connectivity index (χ0v) is 17.9. The van der Waals surface area contributed by atoms with E-state index in [9.17, 15) is 0 Å². The highest BCUT2D eigenvalue weighted by Gasteiger charge is 2.30. The number of furan rings is 1. The summed E-state index contributed by atoms with van der Waals surface area (Å²) in [5, 5.41) is 12.6. The Morgan fingerprint density at radius 1 is 1.07 bits per heavy atom. The van der Waals surface area contributed by atoms with Crippen molar-refractivity contribution in [2.45, 2.75) is 32.9 Å². The van der Waals surface area contributed by atoms with E-state index in [4.69, 9.17) is 9.15 Å². The molecule has 0 unspecified atom stereocenters. The van der Waals surface area contributed by atoms with Gasteiger partial charge in [-0.1, -0.05) is 13.8 Å². The van der Waals surface area contributed by atoms with Gasteiger partial charge in [-0.05, 0) is 59.2 Å². The predicted octanol–water partition coefficient (Wildman–Crippen LogP) is 3.23. The van der Waals surface area contributed by atoms with Crippen molar-refractivity contribution >= 4 is 5.69 Å². The van der Waals surface area contributed by atoms with Gasteiger partial charge in [0.25, 0.3) is 0 Å². The van der Waals surface area contributed by atoms with Crippen LogP contribution >= 0.6 is 0 Å². The minimum atomic E-state index is 0.188. The van der Waals surface area contributed by atoms with E-state index in [0.717, 1.165) is 49.9 Å². The lowest BCUT2D eigenvalue weighted by atomic mass is 10.0. The maximum Gasteiger partial charge on any atom is 0.168 e. The molecule has 160 valence electrons. The van der Waals surface area contributed by atoms with Crippen LogP contribution in [0.25, 0.3) is 0 Å². The number of ether oxygens (including phenoxy) is 1. The van der Waals surface area contributed by atoms with Crippen LogP contribution in [0, 0.1) is 5.92 Å². The summed E-state index contributed by atoms with van der Waals surface area (Å²) in [6, 6.07) is 12.3. The first-order valence-electron chi connectivity index (χ1n) is 10.6. The molecule has 0 saturated carbocycles. The maximum absolute atomic E-state index is 5.50. The average Bonchev–Trinajstić information content (AvgIpc) is 3.45. The molecule has 4 rings (SSSR count). The highest BCUT2D eigenvalue weighted by atomic mass is 16.5. The van der Waals surface area contributed by atoms with Gasteiger partial charge in [-0.3, -0.25) is 4.90 Å². The molecule has 0 aliphatic carbocycles. The van der Waals surface area contributed by atoms with Crippen molar-refractivity contribution in [1.82, 2.24) is 25.1 Å². The summed E-state index contributed by atoms with van der Waals surface area (Å²) >= 11 is 0. The fourth-order valence-corrected chi connectivity index (χ4v) is 4.06. The quantitative estimate of drug-likeness (QED) is 0.564. The monoisotopic (exact) mass is 410 g/mol. The van der Waals surface area contributed by atoms with E-state index in [1.807, 2.05) is 28.9 Å². The van der Waals surface area contributed by atoms with Crippen LogP contribution in [0.2, 0.25) is 0 Å². The minimum Gasteiger partial charge on any atom is -0.497 e. The Bertz CT molecular complexity index is 898. The normalized spacial score (nSPS) is 16.2. The van der Waals surface area contributed by atoms with Crippen LogP contribution in [0.5, 0.6) is 5.75 Å². The van der Waals surface area contributed by atoms with Gasteiger partial charge in [0, 0.05) is 31.9 Å². The molecule has 8 heteroatoms. The number of hydrogen-bond acceptors (Lipinski definition) is 7. The molecular formula is C22H30N6O2. The van der Waals surface area contributed by atoms with Crippen molar-refractivity contribution in [2.24, 2.45) is 5.92 Å². The van der Waals surface area contributed by atoms with Gasteiger partial charge in [-0.25, -0.2) is 4.68 Å². The molecule has 0 bridgehead atoms. The molecule has 30 heavy (non-hydrogen) atoms. The third-order valence-electron chi connectivity index (χ3n) is 5.63. The second kappa shape index (κ2) is 9.30. The van der Waals surface area contributed by atoms with Gasteiger partial charge in [0.1, 0.15) is 18.1 Å². The Morgan fingerprint density at radius 3 is 2.47 bits per heavy atom. The van der Waals surface area contributed by atoms with Gasteiger partial charge in [0.05, 0.1) is 19.4 Å². The molecule has 1 aliphatic rings. The lowest BCUT2D eigenvalue weighted by Gasteiger charge is -2.40. The van der Waals surface area contributed by atoms with Crippen LogP contribution in [0.15, 0.2) is 47.1 Å². The Labute approximate surface area is 177 Å². The van der Waals surface area contributed by atoms with Crippen molar-refractivity contribution in [3.8, 4) is 5.75 Å². The van der Waals surface area contributed by atoms with Crippen LogP contribution < -0.4 is 9.64 Å². The molecule has 1 aromatic carbocycles. The molecule has 1 atom stereocenters. The molecule has 8 nitrogen and oxygen atoms in total. The number of methoxy groups -OCH3 is 1. The molecule has 1 aliphatic heterocycles. The minimum absolute atomic E-state index is 0.188. The number of benzene rings is 1. The van der Waals surface area contributed by atoms with Crippen molar-refractivity contribution in [1.29, 1.82) is 0 Å². The van der Waals surface area contributed by atoms with Crippen molar-refractivity contribution in [2.75, 3.05) is 38.2 Å². The van der Waals surface area contributed by atoms with Gasteiger partial charge < -0.3 is 14.1 Å². The van der Waals surface area contributed by atoms with Gasteiger partial charge >= 0.3 is 0 Å². The smallest absolute Gasteiger partial charge is 0.168 e. The number of anilines is 1. The summed E-state index contributed by atoms with van der Waals surface area (Å²) in [6.07, 6.45) is 2.70. The fraction of sp³-hybridized carbons (Fsp3) is 0.500. The second-order valence-corrected chi connectivity index (χ2v) is 8.14. The van der Waals surface area contributed by atoms with Crippen LogP contribution in [0.4, 0.5) is 5.69 Å². The molecule has 1 saturated heterocycles. The topological polar surface area (TPSA) is 72.5 Å². The van der Waals surface area contributed by atoms with Gasteiger partial charge in [0.15, 0.2) is 5.82 Å². The summed E-state index contributed by atoms with van der Waals surface area (Å²) in [6.45, 7) is 8.94. The van der Waals surface area contributed by atoms with Crippen LogP contribution in [0.1, 0.15) is 37.9 Å². The summed E-state index contributed by atoms with van der Waals surface area (Å²) in [5.74, 6) is 3.20. The number of nitrogens with zero attached hydrogens (tertiary/aromatic N) is 6. The van der Waals surface area contributed by atoms with Gasteiger partial charge in [0.2, 0.25) is 0 Å². The lowest BCUT2D eigenvalue weighted by molar-refractivity contribution is 0.153. The summed E-state index contributed by atoms with van der Waals surface area (Å²) in [7, 11) is 1.70. The zero-order valence-electron chi connectivity index (χ0n) is 17.9. The molecule has 0 amide bonds. The van der Waals surface area contributed by atoms with Crippen LogP contribution in [-0.2, 0) is 6.54 Å². The summed E-state index contributed by atoms with van der Waals surface area (Å²) in [4.78, 5) is 4.94. The molecule has 1 fully saturated rings. The van der Waals surface area contributed by atoms with Crippen molar-refractivity contribution in [3.63, 3.8) is 0 Å². The number of rotatable bonds is 8. The second-order valence-electron chi connectivity index (χ2n) is 8.14. The third kappa shape index (κ3) is 4.64. The third-order valence-corrected chi connectivity index (χ3v) is 5.63. The van der Waals surface area contributed by atoms with E-state index >= 15 is 0 Å². The number of tetrazole rings is 1. The highest BCUT2D eigenvalue weighted by Crippen LogP contribution is 2.29. The summed E-state index contributed by atoms with van der Waals surface area (Å²) in [5.41, 5.74) is 1.23. The van der Waals surface area contributed by atoms with Gasteiger partial charge in [-0.2, -0.15) is 0 Å². The predicted molar refractivity (Wildman–Crippen MR) is 115 cm³/mol. The first-order chi connectivity index (χ1) is 14.6. The molecule has 2 aromatic heterocycles. The number of aromatic nitrogens is 4. The van der Waals surface area contributed by atoms with E-state index in [1.165, 1.54) is 5.69 Å². The lowest BCUT2D eigenvalue weighted by Crippen LogP contribution is -2.48. The van der Waals surface area contributed by atoms with Crippen LogP contribution in [-0.4, -0.2) is 58.4 Å². The molecule has 3 aromatic rings. The molecule has 3 heterocycles. The van der Waals surface area contributed by atoms with Crippen LogP contribution in [0.3, 0.4) is 0 Å². The van der Waals surface area contributed by atoms with E-state index in [1.54, 1.807) is 13.4 Å². The highest BCUT2D eigenvalue weighted by molar-refractivity contribution is 5.49. The molecule has 0 spiro atoms. The average molecular weight is 411 g/mol. The zero-order chi connectivity index (χ0) is 20.9. The first kappa shape index (κ1) is 20.4. The van der Waals surface area contributed by atoms with E-state index in [-0.39, 0.29) is 6.04 Å². The molecule has 0 N–H and O–H groups in total. The Balaban J connectivity index is 1.47. The summed E-state index contributed by atoms with van der Waals surface area (Å²) < 4.78 is 12.7. The van der Waals surface area contributed by atoms with E-state index in [0.29, 0.717) is 12.5 Å². The number of piperazine rings is 1. The van der Waals surface area contributed by atoms with Gasteiger partial charge in [-0.15, -0.1) is 5.10 Å². The molecule has 0 radical (unpaired) electrons. The first-order valence-corrected chi connectivity index (χ1v) is 10.6. The van der Waals surface area contributed by atoms with Crippen molar-refractivity contribution in [3.05, 3.63) is 54.2 Å². The van der Waals surface area contributed by atoms with Crippen molar-refractivity contribution < 1.29 is 9.15 Å².